The van der Waals surface area contributed by atoms with Gasteiger partial charge in [0.2, 0.25) is 0 Å². The van der Waals surface area contributed by atoms with Gasteiger partial charge in [0.1, 0.15) is 10.9 Å². The van der Waals surface area contributed by atoms with Crippen molar-refractivity contribution in [3.63, 3.8) is 0 Å². The molecular formula is C3H5CaNO2S2+2. The van der Waals surface area contributed by atoms with Crippen LogP contribution in [-0.4, -0.2) is 59.7 Å². The smallest absolute Gasteiger partial charge is 0.480 e. The van der Waals surface area contributed by atoms with Crippen molar-refractivity contribution in [1.82, 2.24) is 5.32 Å². The Morgan fingerprint density at radius 2 is 2.22 bits per heavy atom. The van der Waals surface area contributed by atoms with E-state index in [1.165, 1.54) is 0 Å². The molecule has 0 fully saturated rings. The summed E-state index contributed by atoms with van der Waals surface area (Å²) >= 11 is 8.03. The normalized spacial score (nSPS) is 7.22. The number of thiocarbonyl (C=S) groups is 1. The van der Waals surface area contributed by atoms with E-state index in [0.29, 0.717) is 0 Å². The van der Waals surface area contributed by atoms with Crippen LogP contribution in [0.2, 0.25) is 0 Å². The number of thiol groups is 1. The second-order valence-electron chi connectivity index (χ2n) is 1.05. The molecule has 0 unspecified atom stereocenters. The van der Waals surface area contributed by atoms with Crippen LogP contribution < -0.4 is 5.32 Å². The Morgan fingerprint density at radius 1 is 1.78 bits per heavy atom. The third-order valence-corrected chi connectivity index (χ3v) is 0.693. The molecule has 9 heavy (non-hydrogen) atoms. The van der Waals surface area contributed by atoms with E-state index in [4.69, 9.17) is 5.11 Å². The van der Waals surface area contributed by atoms with Crippen LogP contribution in [0.1, 0.15) is 0 Å². The Kier molecular flexibility index (Phi) is 9.94. The average Bonchev–Trinajstić information content (AvgIpc) is 1.61. The summed E-state index contributed by atoms with van der Waals surface area (Å²) in [6, 6.07) is 0. The molecule has 0 aromatic carbocycles. The topological polar surface area (TPSA) is 49.3 Å². The molecule has 0 radical (unpaired) electrons. The maximum Gasteiger partial charge on any atom is 2.00 e. The summed E-state index contributed by atoms with van der Waals surface area (Å²) in [4.78, 5) is 9.75. The quantitative estimate of drug-likeness (QED) is 0.313. The fourth-order valence-corrected chi connectivity index (χ4v) is 0.302. The summed E-state index contributed by atoms with van der Waals surface area (Å²) in [6.07, 6.45) is 0. The van der Waals surface area contributed by atoms with Gasteiger partial charge >= 0.3 is 43.7 Å². The van der Waals surface area contributed by atoms with Crippen LogP contribution in [0.5, 0.6) is 0 Å². The Bertz CT molecular complexity index is 104. The van der Waals surface area contributed by atoms with E-state index in [0.717, 1.165) is 0 Å². The van der Waals surface area contributed by atoms with Gasteiger partial charge in [-0.05, 0) is 0 Å². The van der Waals surface area contributed by atoms with E-state index in [1.54, 1.807) is 0 Å². The summed E-state index contributed by atoms with van der Waals surface area (Å²) < 4.78 is 0.201. The summed E-state index contributed by atoms with van der Waals surface area (Å²) in [5.74, 6) is -0.943. The minimum absolute atomic E-state index is 0. The molecule has 46 valence electrons. The molecule has 0 bridgehead atoms. The number of nitrogens with one attached hydrogen (secondary N) is 1. The van der Waals surface area contributed by atoms with Crippen molar-refractivity contribution < 1.29 is 9.90 Å². The molecule has 0 rings (SSSR count). The predicted octanol–water partition coefficient (Wildman–Crippen LogP) is -0.505. The van der Waals surface area contributed by atoms with Crippen molar-refractivity contribution in [1.29, 1.82) is 0 Å². The van der Waals surface area contributed by atoms with Gasteiger partial charge in [-0.2, -0.15) is 0 Å². The van der Waals surface area contributed by atoms with Gasteiger partial charge in [-0.25, -0.2) is 0 Å². The fraction of sp³-hybridized carbons (Fsp3) is 0.333. The van der Waals surface area contributed by atoms with E-state index in [2.05, 4.69) is 30.2 Å². The van der Waals surface area contributed by atoms with Crippen LogP contribution in [0, 0.1) is 0 Å². The Hall–Kier alpha value is 0.970. The van der Waals surface area contributed by atoms with Gasteiger partial charge in [0.25, 0.3) is 0 Å². The number of hydrogen-bond acceptors (Lipinski definition) is 2. The van der Waals surface area contributed by atoms with E-state index in [9.17, 15) is 4.79 Å². The molecular weight excluding hydrogens is 186 g/mol. The van der Waals surface area contributed by atoms with Crippen molar-refractivity contribution in [2.24, 2.45) is 0 Å². The zero-order valence-corrected chi connectivity index (χ0v) is 8.54. The standard InChI is InChI=1S/C3H5NO2S2.Ca/c5-2(6)1-4-3(7)8;/h1H2,(H,5,6)(H2,4,7,8);/q;+2. The fourth-order valence-electron chi connectivity index (χ4n) is 0.151. The molecule has 0 spiro atoms. The first kappa shape index (κ1) is 12.6. The number of hydrogen-bond donors (Lipinski definition) is 3. The summed E-state index contributed by atoms with van der Waals surface area (Å²) in [7, 11) is 0. The maximum atomic E-state index is 9.75. The van der Waals surface area contributed by atoms with Crippen molar-refractivity contribution in [2.75, 3.05) is 6.54 Å². The number of rotatable bonds is 2. The first-order chi connectivity index (χ1) is 3.63. The van der Waals surface area contributed by atoms with Gasteiger partial charge in [0.05, 0.1) is 0 Å². The minimum atomic E-state index is -0.943. The van der Waals surface area contributed by atoms with E-state index in [1.807, 2.05) is 0 Å². The summed E-state index contributed by atoms with van der Waals surface area (Å²) in [5, 5.41) is 10.3. The molecule has 0 saturated carbocycles. The third kappa shape index (κ3) is 12.2. The molecule has 0 amide bonds. The van der Waals surface area contributed by atoms with Crippen molar-refractivity contribution in [3.8, 4) is 0 Å². The Balaban J connectivity index is 0. The minimum Gasteiger partial charge on any atom is -0.480 e. The van der Waals surface area contributed by atoms with Gasteiger partial charge in [0, 0.05) is 0 Å². The van der Waals surface area contributed by atoms with Gasteiger partial charge < -0.3 is 10.4 Å². The molecule has 0 aliphatic carbocycles. The molecule has 0 aromatic rings. The van der Waals surface area contributed by atoms with Gasteiger partial charge in [-0.1, -0.05) is 12.2 Å². The first-order valence-electron chi connectivity index (χ1n) is 1.81. The van der Waals surface area contributed by atoms with Crippen molar-refractivity contribution in [3.05, 3.63) is 0 Å². The predicted molar refractivity (Wildman–Crippen MR) is 43.0 cm³/mol. The molecule has 0 aliphatic heterocycles. The van der Waals surface area contributed by atoms with Crippen LogP contribution >= 0.6 is 24.8 Å². The second kappa shape index (κ2) is 7.08. The largest absolute Gasteiger partial charge is 2.00 e. The second-order valence-corrected chi connectivity index (χ2v) is 2.21. The number of aliphatic carboxylic acids is 1. The van der Waals surface area contributed by atoms with Crippen LogP contribution in [0.3, 0.4) is 0 Å². The van der Waals surface area contributed by atoms with Crippen LogP contribution in [-0.2, 0) is 4.79 Å². The third-order valence-electron chi connectivity index (χ3n) is 0.391. The van der Waals surface area contributed by atoms with Crippen molar-refractivity contribution in [2.45, 2.75) is 0 Å². The summed E-state index contributed by atoms with van der Waals surface area (Å²) in [5.41, 5.74) is 0. The van der Waals surface area contributed by atoms with E-state index < -0.39 is 5.97 Å². The average molecular weight is 191 g/mol. The zero-order valence-electron chi connectivity index (χ0n) is 4.63. The molecule has 0 saturated heterocycles. The molecule has 0 aliphatic rings. The first-order valence-corrected chi connectivity index (χ1v) is 2.67. The van der Waals surface area contributed by atoms with E-state index in [-0.39, 0.29) is 48.6 Å². The number of carboxylic acids is 1. The molecule has 2 N–H and O–H groups in total. The molecule has 0 atom stereocenters. The van der Waals surface area contributed by atoms with Gasteiger partial charge in [0.15, 0.2) is 0 Å². The molecule has 3 nitrogen and oxygen atoms in total. The zero-order chi connectivity index (χ0) is 6.57. The van der Waals surface area contributed by atoms with E-state index >= 15 is 0 Å². The summed E-state index contributed by atoms with van der Waals surface area (Å²) in [6.45, 7) is -0.164. The molecule has 0 heterocycles. The monoisotopic (exact) mass is 191 g/mol. The van der Waals surface area contributed by atoms with Gasteiger partial charge in [-0.15, -0.1) is 12.6 Å². The van der Waals surface area contributed by atoms with Crippen molar-refractivity contribution >= 4 is 72.9 Å². The van der Waals surface area contributed by atoms with Gasteiger partial charge in [-0.3, -0.25) is 4.79 Å². The van der Waals surface area contributed by atoms with Crippen LogP contribution in [0.4, 0.5) is 0 Å². The van der Waals surface area contributed by atoms with Crippen LogP contribution in [0.15, 0.2) is 0 Å². The maximum absolute atomic E-state index is 9.75. The molecule has 0 aromatic heterocycles. The molecule has 6 heteroatoms. The number of carboxylic acid groups (broad SMARTS) is 1. The Labute approximate surface area is 93.6 Å². The van der Waals surface area contributed by atoms with Crippen LogP contribution in [0.25, 0.3) is 0 Å². The number of carbonyl (C=O) groups is 1. The Morgan fingerprint density at radius 3 is 2.33 bits per heavy atom. The SMILES string of the molecule is O=C(O)CNC(=S)S.[Ca+2].